The van der Waals surface area contributed by atoms with Crippen molar-refractivity contribution in [2.75, 3.05) is 5.73 Å². The highest BCUT2D eigenvalue weighted by Crippen LogP contribution is 2.18. The van der Waals surface area contributed by atoms with Gasteiger partial charge in [0.1, 0.15) is 5.82 Å². The maximum absolute atomic E-state index is 12.1. The van der Waals surface area contributed by atoms with E-state index in [9.17, 15) is 8.42 Å². The summed E-state index contributed by atoms with van der Waals surface area (Å²) in [4.78, 5) is 4.95. The molecule has 2 rings (SSSR count). The van der Waals surface area contributed by atoms with Crippen LogP contribution in [0.4, 0.5) is 5.82 Å². The first kappa shape index (κ1) is 14.0. The Balaban J connectivity index is 2.14. The van der Waals surface area contributed by atoms with Crippen LogP contribution in [-0.4, -0.2) is 13.4 Å². The summed E-state index contributed by atoms with van der Waals surface area (Å²) in [6, 6.07) is 4.78. The second-order valence-corrected chi connectivity index (χ2v) is 6.73. The standard InChI is InChI=1S/C12H15N3O2S2/c1-2-9-4-6-18-11(9)8-15-19(16,17)10-3-5-14-12(13)7-10/h3-7,15H,2,8H2,1H3,(H2,13,14). The number of anilines is 1. The number of aryl methyl sites for hydroxylation is 1. The SMILES string of the molecule is CCc1ccsc1CNS(=O)(=O)c1ccnc(N)c1. The Morgan fingerprint density at radius 3 is 2.89 bits per heavy atom. The van der Waals surface area contributed by atoms with Crippen molar-refractivity contribution in [1.82, 2.24) is 9.71 Å². The predicted molar refractivity (Wildman–Crippen MR) is 76.4 cm³/mol. The fourth-order valence-electron chi connectivity index (χ4n) is 1.68. The number of nitrogen functional groups attached to an aromatic ring is 1. The van der Waals surface area contributed by atoms with E-state index in [-0.39, 0.29) is 10.7 Å². The van der Waals surface area contributed by atoms with Gasteiger partial charge in [0, 0.05) is 23.7 Å². The average molecular weight is 297 g/mol. The van der Waals surface area contributed by atoms with Gasteiger partial charge in [-0.05, 0) is 29.5 Å². The van der Waals surface area contributed by atoms with Crippen molar-refractivity contribution in [2.24, 2.45) is 0 Å². The molecule has 0 fully saturated rings. The predicted octanol–water partition coefficient (Wildman–Crippen LogP) is 1.77. The highest BCUT2D eigenvalue weighted by atomic mass is 32.2. The molecule has 2 aromatic rings. The molecule has 5 nitrogen and oxygen atoms in total. The van der Waals surface area contributed by atoms with Crippen LogP contribution < -0.4 is 10.5 Å². The minimum Gasteiger partial charge on any atom is -0.384 e. The molecule has 0 radical (unpaired) electrons. The Morgan fingerprint density at radius 2 is 2.21 bits per heavy atom. The van der Waals surface area contributed by atoms with Gasteiger partial charge in [0.15, 0.2) is 0 Å². The maximum atomic E-state index is 12.1. The van der Waals surface area contributed by atoms with E-state index in [1.165, 1.54) is 23.9 Å². The molecule has 0 saturated heterocycles. The molecule has 0 bridgehead atoms. The Morgan fingerprint density at radius 1 is 1.42 bits per heavy atom. The summed E-state index contributed by atoms with van der Waals surface area (Å²) in [5.74, 6) is 0.188. The molecule has 0 spiro atoms. The normalized spacial score (nSPS) is 11.6. The molecule has 0 aliphatic rings. The summed E-state index contributed by atoms with van der Waals surface area (Å²) in [5.41, 5.74) is 6.66. The number of hydrogen-bond donors (Lipinski definition) is 2. The quantitative estimate of drug-likeness (QED) is 0.880. The number of hydrogen-bond acceptors (Lipinski definition) is 5. The number of nitrogens with zero attached hydrogens (tertiary/aromatic N) is 1. The first-order chi connectivity index (χ1) is 9.03. The third-order valence-electron chi connectivity index (χ3n) is 2.70. The summed E-state index contributed by atoms with van der Waals surface area (Å²) < 4.78 is 26.8. The Hall–Kier alpha value is -1.44. The Kier molecular flexibility index (Phi) is 4.18. The van der Waals surface area contributed by atoms with E-state index in [1.54, 1.807) is 11.3 Å². The van der Waals surface area contributed by atoms with Crippen LogP contribution in [0.5, 0.6) is 0 Å². The monoisotopic (exact) mass is 297 g/mol. The van der Waals surface area contributed by atoms with Crippen LogP contribution in [0.15, 0.2) is 34.7 Å². The van der Waals surface area contributed by atoms with E-state index in [2.05, 4.69) is 9.71 Å². The van der Waals surface area contributed by atoms with Crippen LogP contribution in [0.1, 0.15) is 17.4 Å². The van der Waals surface area contributed by atoms with Gasteiger partial charge in [-0.2, -0.15) is 0 Å². The van der Waals surface area contributed by atoms with Crippen molar-refractivity contribution in [3.8, 4) is 0 Å². The van der Waals surface area contributed by atoms with Crippen LogP contribution in [0.3, 0.4) is 0 Å². The molecule has 0 atom stereocenters. The van der Waals surface area contributed by atoms with Crippen molar-refractivity contribution < 1.29 is 8.42 Å². The molecule has 0 aromatic carbocycles. The minimum absolute atomic E-state index is 0.134. The second-order valence-electron chi connectivity index (χ2n) is 3.96. The van der Waals surface area contributed by atoms with E-state index in [4.69, 9.17) is 5.73 Å². The third-order valence-corrected chi connectivity index (χ3v) is 5.07. The van der Waals surface area contributed by atoms with Gasteiger partial charge < -0.3 is 5.73 Å². The summed E-state index contributed by atoms with van der Waals surface area (Å²) in [6.45, 7) is 2.34. The Labute approximate surface area is 116 Å². The smallest absolute Gasteiger partial charge is 0.241 e. The molecule has 2 heterocycles. The van der Waals surface area contributed by atoms with Crippen molar-refractivity contribution >= 4 is 27.2 Å². The molecule has 0 amide bonds. The fraction of sp³-hybridized carbons (Fsp3) is 0.250. The lowest BCUT2D eigenvalue weighted by molar-refractivity contribution is 0.581. The van der Waals surface area contributed by atoms with Gasteiger partial charge in [0.25, 0.3) is 0 Å². The molecule has 3 N–H and O–H groups in total. The van der Waals surface area contributed by atoms with Crippen molar-refractivity contribution in [2.45, 2.75) is 24.8 Å². The minimum atomic E-state index is -3.55. The lowest BCUT2D eigenvalue weighted by Crippen LogP contribution is -2.23. The lowest BCUT2D eigenvalue weighted by atomic mass is 10.2. The average Bonchev–Trinajstić information content (AvgIpc) is 2.84. The molecule has 2 aromatic heterocycles. The zero-order chi connectivity index (χ0) is 13.9. The van der Waals surface area contributed by atoms with Crippen molar-refractivity contribution in [3.63, 3.8) is 0 Å². The number of thiophene rings is 1. The summed E-state index contributed by atoms with van der Waals surface area (Å²) in [5, 5.41) is 1.97. The highest BCUT2D eigenvalue weighted by Gasteiger charge is 2.15. The van der Waals surface area contributed by atoms with Crippen LogP contribution >= 0.6 is 11.3 Å². The summed E-state index contributed by atoms with van der Waals surface area (Å²) >= 11 is 1.55. The number of aromatic nitrogens is 1. The van der Waals surface area contributed by atoms with Crippen LogP contribution in [0.2, 0.25) is 0 Å². The summed E-state index contributed by atoms with van der Waals surface area (Å²) in [7, 11) is -3.55. The fourth-order valence-corrected chi connectivity index (χ4v) is 3.70. The molecule has 0 aliphatic carbocycles. The topological polar surface area (TPSA) is 85.1 Å². The highest BCUT2D eigenvalue weighted by molar-refractivity contribution is 7.89. The molecule has 0 aliphatic heterocycles. The Bertz CT molecular complexity index is 665. The van der Waals surface area contributed by atoms with E-state index in [1.807, 2.05) is 18.4 Å². The van der Waals surface area contributed by atoms with Crippen LogP contribution in [0.25, 0.3) is 0 Å². The maximum Gasteiger partial charge on any atom is 0.241 e. The number of rotatable bonds is 5. The molecular formula is C12H15N3O2S2. The zero-order valence-electron chi connectivity index (χ0n) is 10.5. The van der Waals surface area contributed by atoms with Gasteiger partial charge in [-0.1, -0.05) is 6.92 Å². The lowest BCUT2D eigenvalue weighted by Gasteiger charge is -2.07. The summed E-state index contributed by atoms with van der Waals surface area (Å²) in [6.07, 6.45) is 2.27. The first-order valence-corrected chi connectivity index (χ1v) is 8.15. The molecular weight excluding hydrogens is 282 g/mol. The van der Waals surface area contributed by atoms with Gasteiger partial charge >= 0.3 is 0 Å². The van der Waals surface area contributed by atoms with E-state index in [0.29, 0.717) is 6.54 Å². The van der Waals surface area contributed by atoms with E-state index >= 15 is 0 Å². The largest absolute Gasteiger partial charge is 0.384 e. The van der Waals surface area contributed by atoms with Gasteiger partial charge in [0.2, 0.25) is 10.0 Å². The van der Waals surface area contributed by atoms with Gasteiger partial charge in [-0.25, -0.2) is 18.1 Å². The van der Waals surface area contributed by atoms with Crippen LogP contribution in [-0.2, 0) is 23.0 Å². The third kappa shape index (κ3) is 3.31. The zero-order valence-corrected chi connectivity index (χ0v) is 12.1. The van der Waals surface area contributed by atoms with Crippen LogP contribution in [0, 0.1) is 0 Å². The van der Waals surface area contributed by atoms with Crippen molar-refractivity contribution in [3.05, 3.63) is 40.2 Å². The first-order valence-electron chi connectivity index (χ1n) is 5.79. The van der Waals surface area contributed by atoms with Gasteiger partial charge in [-0.15, -0.1) is 11.3 Å². The van der Waals surface area contributed by atoms with Crippen molar-refractivity contribution in [1.29, 1.82) is 0 Å². The van der Waals surface area contributed by atoms with Gasteiger partial charge in [-0.3, -0.25) is 0 Å². The molecule has 0 saturated carbocycles. The molecule has 7 heteroatoms. The molecule has 0 unspecified atom stereocenters. The number of pyridine rings is 1. The molecule has 102 valence electrons. The van der Waals surface area contributed by atoms with Gasteiger partial charge in [0.05, 0.1) is 4.90 Å². The number of nitrogens with two attached hydrogens (primary N) is 1. The van der Waals surface area contributed by atoms with E-state index < -0.39 is 10.0 Å². The number of sulfonamides is 1. The second kappa shape index (κ2) is 5.68. The van der Waals surface area contributed by atoms with E-state index in [0.717, 1.165) is 11.3 Å². The molecule has 19 heavy (non-hydrogen) atoms. The number of nitrogens with one attached hydrogen (secondary N) is 1.